The summed E-state index contributed by atoms with van der Waals surface area (Å²) >= 11 is 0. The molecule has 0 saturated carbocycles. The Morgan fingerprint density at radius 2 is 1.89 bits per heavy atom. The Morgan fingerprint density at radius 1 is 1.11 bits per heavy atom. The highest BCUT2D eigenvalue weighted by Crippen LogP contribution is 2.41. The zero-order valence-electron chi connectivity index (χ0n) is 10.2. The van der Waals surface area contributed by atoms with E-state index in [1.165, 1.54) is 5.56 Å². The van der Waals surface area contributed by atoms with Gasteiger partial charge in [0.2, 0.25) is 0 Å². The zero-order valence-corrected chi connectivity index (χ0v) is 10.2. The molecule has 0 radical (unpaired) electrons. The molecule has 1 unspecified atom stereocenters. The van der Waals surface area contributed by atoms with Gasteiger partial charge in [0.1, 0.15) is 0 Å². The average Bonchev–Trinajstić information content (AvgIpc) is 2.86. The van der Waals surface area contributed by atoms with Gasteiger partial charge in [0.25, 0.3) is 0 Å². The third kappa shape index (κ3) is 1.82. The lowest BCUT2D eigenvalue weighted by molar-refractivity contribution is 0.387. The smallest absolute Gasteiger partial charge is 0.0992 e. The van der Waals surface area contributed by atoms with Crippen LogP contribution in [-0.2, 0) is 0 Å². The molecule has 3 nitrogen and oxygen atoms in total. The predicted molar refractivity (Wildman–Crippen MR) is 71.1 cm³/mol. The SMILES string of the molecule is N#CC1=CC2=C(C#N)CC(c3ccccc3)N2C=C1. The van der Waals surface area contributed by atoms with Crippen LogP contribution in [0.2, 0.25) is 0 Å². The van der Waals surface area contributed by atoms with E-state index in [1.54, 1.807) is 12.2 Å². The van der Waals surface area contributed by atoms with Crippen LogP contribution in [0.3, 0.4) is 0 Å². The lowest BCUT2D eigenvalue weighted by Crippen LogP contribution is -2.18. The van der Waals surface area contributed by atoms with E-state index in [0.29, 0.717) is 12.0 Å². The van der Waals surface area contributed by atoms with Gasteiger partial charge in [-0.1, -0.05) is 30.3 Å². The van der Waals surface area contributed by atoms with Gasteiger partial charge in [-0.05, 0) is 17.7 Å². The molecule has 3 rings (SSSR count). The lowest BCUT2D eigenvalue weighted by Gasteiger charge is -2.27. The van der Waals surface area contributed by atoms with Crippen molar-refractivity contribution in [1.29, 1.82) is 10.5 Å². The van der Waals surface area contributed by atoms with Crippen molar-refractivity contribution in [2.75, 3.05) is 0 Å². The standard InChI is InChI=1S/C16H11N3/c17-10-12-6-7-19-15(8-12)14(11-18)9-16(19)13-4-2-1-3-5-13/h1-8,16H,9H2. The van der Waals surface area contributed by atoms with Crippen LogP contribution in [0, 0.1) is 22.7 Å². The van der Waals surface area contributed by atoms with Crippen LogP contribution in [0.5, 0.6) is 0 Å². The second-order valence-corrected chi connectivity index (χ2v) is 4.54. The largest absolute Gasteiger partial charge is 0.339 e. The quantitative estimate of drug-likeness (QED) is 0.763. The number of rotatable bonds is 1. The van der Waals surface area contributed by atoms with Crippen molar-refractivity contribution in [3.8, 4) is 12.1 Å². The van der Waals surface area contributed by atoms with E-state index < -0.39 is 0 Å². The number of allylic oxidation sites excluding steroid dienone is 3. The van der Waals surface area contributed by atoms with Crippen LogP contribution in [-0.4, -0.2) is 4.90 Å². The molecule has 1 aromatic carbocycles. The van der Waals surface area contributed by atoms with E-state index >= 15 is 0 Å². The molecule has 0 aliphatic carbocycles. The van der Waals surface area contributed by atoms with Crippen molar-refractivity contribution in [2.24, 2.45) is 0 Å². The molecule has 3 heteroatoms. The van der Waals surface area contributed by atoms with Crippen LogP contribution < -0.4 is 0 Å². The number of nitriles is 2. The highest BCUT2D eigenvalue weighted by Gasteiger charge is 2.32. The Morgan fingerprint density at radius 3 is 2.58 bits per heavy atom. The van der Waals surface area contributed by atoms with E-state index in [2.05, 4.69) is 29.2 Å². The number of fused-ring (bicyclic) bond motifs is 1. The second-order valence-electron chi connectivity index (χ2n) is 4.54. The van der Waals surface area contributed by atoms with Crippen molar-refractivity contribution in [3.05, 3.63) is 71.1 Å². The molecule has 1 atom stereocenters. The summed E-state index contributed by atoms with van der Waals surface area (Å²) in [6, 6.07) is 14.7. The minimum atomic E-state index is 0.151. The molecule has 2 heterocycles. The highest BCUT2D eigenvalue weighted by atomic mass is 15.2. The third-order valence-corrected chi connectivity index (χ3v) is 3.48. The Labute approximate surface area is 112 Å². The van der Waals surface area contributed by atoms with E-state index in [1.807, 2.05) is 24.4 Å². The monoisotopic (exact) mass is 245 g/mol. The third-order valence-electron chi connectivity index (χ3n) is 3.48. The first kappa shape index (κ1) is 11.3. The molecule has 0 spiro atoms. The maximum atomic E-state index is 9.26. The summed E-state index contributed by atoms with van der Waals surface area (Å²) in [5.41, 5.74) is 3.37. The van der Waals surface area contributed by atoms with Crippen LogP contribution in [0.15, 0.2) is 65.5 Å². The van der Waals surface area contributed by atoms with Crippen molar-refractivity contribution in [1.82, 2.24) is 4.90 Å². The van der Waals surface area contributed by atoms with E-state index in [4.69, 9.17) is 5.26 Å². The number of nitrogens with zero attached hydrogens (tertiary/aromatic N) is 3. The van der Waals surface area contributed by atoms with Crippen LogP contribution in [0.25, 0.3) is 0 Å². The van der Waals surface area contributed by atoms with E-state index in [-0.39, 0.29) is 6.04 Å². The Bertz CT molecular complexity index is 681. The van der Waals surface area contributed by atoms with E-state index in [0.717, 1.165) is 11.3 Å². The van der Waals surface area contributed by atoms with Crippen LogP contribution >= 0.6 is 0 Å². The predicted octanol–water partition coefficient (Wildman–Crippen LogP) is 3.19. The maximum absolute atomic E-state index is 9.26. The number of hydrogen-bond donors (Lipinski definition) is 0. The van der Waals surface area contributed by atoms with Gasteiger partial charge in [0.05, 0.1) is 35.0 Å². The lowest BCUT2D eigenvalue weighted by atomic mass is 10.0. The molecule has 2 aliphatic rings. The summed E-state index contributed by atoms with van der Waals surface area (Å²) in [4.78, 5) is 2.08. The molecule has 19 heavy (non-hydrogen) atoms. The zero-order chi connectivity index (χ0) is 13.2. The summed E-state index contributed by atoms with van der Waals surface area (Å²) in [6.07, 6.45) is 6.17. The first-order chi connectivity index (χ1) is 9.33. The molecule has 2 aliphatic heterocycles. The first-order valence-corrected chi connectivity index (χ1v) is 6.10. The molecule has 0 amide bonds. The Balaban J connectivity index is 2.02. The minimum absolute atomic E-state index is 0.151. The van der Waals surface area contributed by atoms with Crippen molar-refractivity contribution < 1.29 is 0 Å². The highest BCUT2D eigenvalue weighted by molar-refractivity contribution is 5.51. The van der Waals surface area contributed by atoms with Crippen molar-refractivity contribution in [3.63, 3.8) is 0 Å². The number of benzene rings is 1. The molecule has 90 valence electrons. The average molecular weight is 245 g/mol. The van der Waals surface area contributed by atoms with Crippen molar-refractivity contribution >= 4 is 0 Å². The van der Waals surface area contributed by atoms with Crippen molar-refractivity contribution in [2.45, 2.75) is 12.5 Å². The maximum Gasteiger partial charge on any atom is 0.0992 e. The van der Waals surface area contributed by atoms with Gasteiger partial charge >= 0.3 is 0 Å². The van der Waals surface area contributed by atoms with Gasteiger partial charge in [0.15, 0.2) is 0 Å². The van der Waals surface area contributed by atoms with Crippen LogP contribution in [0.1, 0.15) is 18.0 Å². The van der Waals surface area contributed by atoms with Gasteiger partial charge < -0.3 is 4.90 Å². The normalized spacial score (nSPS) is 20.6. The van der Waals surface area contributed by atoms with Crippen LogP contribution in [0.4, 0.5) is 0 Å². The van der Waals surface area contributed by atoms with Gasteiger partial charge in [0, 0.05) is 12.6 Å². The molecule has 0 fully saturated rings. The fourth-order valence-corrected chi connectivity index (χ4v) is 2.55. The minimum Gasteiger partial charge on any atom is -0.339 e. The van der Waals surface area contributed by atoms with Gasteiger partial charge in [-0.3, -0.25) is 0 Å². The first-order valence-electron chi connectivity index (χ1n) is 6.10. The fraction of sp³-hybridized carbons (Fsp3) is 0.125. The molecular weight excluding hydrogens is 234 g/mol. The molecule has 0 bridgehead atoms. The van der Waals surface area contributed by atoms with E-state index in [9.17, 15) is 5.26 Å². The molecule has 1 aromatic rings. The summed E-state index contributed by atoms with van der Waals surface area (Å²) in [5.74, 6) is 0. The van der Waals surface area contributed by atoms with Gasteiger partial charge in [-0.2, -0.15) is 10.5 Å². The fourth-order valence-electron chi connectivity index (χ4n) is 2.55. The summed E-state index contributed by atoms with van der Waals surface area (Å²) in [6.45, 7) is 0. The molecule has 0 saturated heterocycles. The van der Waals surface area contributed by atoms with Gasteiger partial charge in [-0.15, -0.1) is 0 Å². The molecular formula is C16H11N3. The number of hydrogen-bond acceptors (Lipinski definition) is 3. The Hall–Kier alpha value is -2.78. The molecule has 0 N–H and O–H groups in total. The Kier molecular flexibility index (Phi) is 2.67. The second kappa shape index (κ2) is 4.48. The molecule has 0 aromatic heterocycles. The van der Waals surface area contributed by atoms with Gasteiger partial charge in [-0.25, -0.2) is 0 Å². The topological polar surface area (TPSA) is 50.8 Å². The summed E-state index contributed by atoms with van der Waals surface area (Å²) < 4.78 is 0. The summed E-state index contributed by atoms with van der Waals surface area (Å²) in [7, 11) is 0. The summed E-state index contributed by atoms with van der Waals surface area (Å²) in [5, 5.41) is 18.2.